The summed E-state index contributed by atoms with van der Waals surface area (Å²) in [4.78, 5) is 27.6. The maximum atomic E-state index is 12.5. The number of aromatic nitrogens is 2. The lowest BCUT2D eigenvalue weighted by atomic mass is 9.89. The van der Waals surface area contributed by atoms with Gasteiger partial charge in [0, 0.05) is 6.42 Å². The van der Waals surface area contributed by atoms with Crippen LogP contribution in [0.15, 0.2) is 34.9 Å². The van der Waals surface area contributed by atoms with Crippen LogP contribution in [0.5, 0.6) is 0 Å². The Balaban J connectivity index is 1.70. The lowest BCUT2D eigenvalue weighted by Crippen LogP contribution is -2.46. The van der Waals surface area contributed by atoms with Crippen molar-refractivity contribution in [3.63, 3.8) is 0 Å². The quantitative estimate of drug-likeness (QED) is 0.698. The van der Waals surface area contributed by atoms with Gasteiger partial charge in [-0.2, -0.15) is 4.98 Å². The Morgan fingerprint density at radius 1 is 1.14 bits per heavy atom. The number of aliphatic carboxylic acids is 1. The maximum absolute atomic E-state index is 12.5. The fourth-order valence-corrected chi connectivity index (χ4v) is 3.46. The van der Waals surface area contributed by atoms with Crippen LogP contribution in [0.4, 0.5) is 4.79 Å². The summed E-state index contributed by atoms with van der Waals surface area (Å²) in [6.07, 6.45) is 4.94. The van der Waals surface area contributed by atoms with Crippen LogP contribution in [0.2, 0.25) is 0 Å². The molecule has 0 spiro atoms. The van der Waals surface area contributed by atoms with Crippen LogP contribution in [0, 0.1) is 0 Å². The third-order valence-corrected chi connectivity index (χ3v) is 4.96. The monoisotopic (exact) mass is 387 g/mol. The van der Waals surface area contributed by atoms with Gasteiger partial charge in [-0.15, -0.1) is 0 Å². The zero-order chi connectivity index (χ0) is 19.8. The molecule has 2 N–H and O–H groups in total. The molecule has 28 heavy (non-hydrogen) atoms. The fourth-order valence-electron chi connectivity index (χ4n) is 3.46. The summed E-state index contributed by atoms with van der Waals surface area (Å²) >= 11 is 0. The minimum absolute atomic E-state index is 0.0822. The summed E-state index contributed by atoms with van der Waals surface area (Å²) in [5.74, 6) is -0.265. The highest BCUT2D eigenvalue weighted by molar-refractivity contribution is 5.68. The van der Waals surface area contributed by atoms with Crippen LogP contribution in [-0.4, -0.2) is 27.3 Å². The minimum atomic E-state index is -0.924. The van der Waals surface area contributed by atoms with E-state index in [4.69, 9.17) is 14.4 Å². The van der Waals surface area contributed by atoms with Gasteiger partial charge < -0.3 is 19.7 Å². The third-order valence-electron chi connectivity index (χ3n) is 4.96. The van der Waals surface area contributed by atoms with Gasteiger partial charge in [0.2, 0.25) is 5.89 Å². The molecular formula is C20H25N3O5. The highest BCUT2D eigenvalue weighted by Gasteiger charge is 2.39. The standard InChI is InChI=1S/C20H25N3O5/c24-17(25)11-10-16-21-18(23-28-16)20(12-6-1-2-7-13-20)22-19(26)27-14-15-8-4-3-5-9-15/h3-5,8-9H,1-2,6-7,10-14H2,(H,22,26)(H,24,25). The summed E-state index contributed by atoms with van der Waals surface area (Å²) in [5.41, 5.74) is 0.151. The molecule has 1 saturated carbocycles. The number of carbonyl (C=O) groups excluding carboxylic acids is 1. The second-order valence-electron chi connectivity index (χ2n) is 7.09. The van der Waals surface area contributed by atoms with Gasteiger partial charge in [-0.1, -0.05) is 61.2 Å². The number of hydrogen-bond donors (Lipinski definition) is 2. The van der Waals surface area contributed by atoms with Crippen LogP contribution in [0.1, 0.15) is 62.2 Å². The van der Waals surface area contributed by atoms with Crippen molar-refractivity contribution in [2.24, 2.45) is 0 Å². The molecule has 0 unspecified atom stereocenters. The maximum Gasteiger partial charge on any atom is 0.408 e. The van der Waals surface area contributed by atoms with Crippen molar-refractivity contribution < 1.29 is 24.0 Å². The van der Waals surface area contributed by atoms with Crippen molar-refractivity contribution in [3.8, 4) is 0 Å². The van der Waals surface area contributed by atoms with Gasteiger partial charge in [0.05, 0.1) is 6.42 Å². The normalized spacial score (nSPS) is 16.1. The summed E-state index contributed by atoms with van der Waals surface area (Å²) < 4.78 is 10.6. The molecular weight excluding hydrogens is 362 g/mol. The molecule has 1 aromatic carbocycles. The number of carboxylic acids is 1. The highest BCUT2D eigenvalue weighted by atomic mass is 16.5. The van der Waals surface area contributed by atoms with E-state index in [0.29, 0.717) is 18.7 Å². The first kappa shape index (κ1) is 19.9. The Morgan fingerprint density at radius 3 is 2.54 bits per heavy atom. The molecule has 0 radical (unpaired) electrons. The summed E-state index contributed by atoms with van der Waals surface area (Å²) in [5, 5.41) is 15.9. The molecule has 150 valence electrons. The fraction of sp³-hybridized carbons (Fsp3) is 0.500. The van der Waals surface area contributed by atoms with E-state index < -0.39 is 17.6 Å². The number of aryl methyl sites for hydroxylation is 1. The molecule has 1 aliphatic rings. The van der Waals surface area contributed by atoms with Gasteiger partial charge in [-0.05, 0) is 18.4 Å². The number of amides is 1. The van der Waals surface area contributed by atoms with Crippen molar-refractivity contribution >= 4 is 12.1 Å². The van der Waals surface area contributed by atoms with Crippen LogP contribution < -0.4 is 5.32 Å². The van der Waals surface area contributed by atoms with Gasteiger partial charge in [0.25, 0.3) is 0 Å². The number of carbonyl (C=O) groups is 2. The van der Waals surface area contributed by atoms with E-state index >= 15 is 0 Å². The van der Waals surface area contributed by atoms with Crippen LogP contribution >= 0.6 is 0 Å². The summed E-state index contributed by atoms with van der Waals surface area (Å²) in [6.45, 7) is 0.179. The molecule has 0 atom stereocenters. The number of alkyl carbamates (subject to hydrolysis) is 1. The highest BCUT2D eigenvalue weighted by Crippen LogP contribution is 2.34. The number of nitrogens with one attached hydrogen (secondary N) is 1. The zero-order valence-corrected chi connectivity index (χ0v) is 15.7. The van der Waals surface area contributed by atoms with Gasteiger partial charge >= 0.3 is 12.1 Å². The Kier molecular flexibility index (Phi) is 6.62. The molecule has 0 saturated heterocycles. The van der Waals surface area contributed by atoms with Crippen molar-refractivity contribution in [3.05, 3.63) is 47.6 Å². The third kappa shape index (κ3) is 5.31. The van der Waals surface area contributed by atoms with Gasteiger partial charge in [-0.25, -0.2) is 4.79 Å². The van der Waals surface area contributed by atoms with Crippen LogP contribution in [0.25, 0.3) is 0 Å². The van der Waals surface area contributed by atoms with Crippen molar-refractivity contribution in [2.75, 3.05) is 0 Å². The smallest absolute Gasteiger partial charge is 0.408 e. The molecule has 3 rings (SSSR count). The second-order valence-corrected chi connectivity index (χ2v) is 7.09. The number of rotatable bonds is 7. The molecule has 8 nitrogen and oxygen atoms in total. The van der Waals surface area contributed by atoms with Gasteiger partial charge in [0.15, 0.2) is 5.82 Å². The van der Waals surface area contributed by atoms with Crippen molar-refractivity contribution in [1.82, 2.24) is 15.5 Å². The summed E-state index contributed by atoms with van der Waals surface area (Å²) in [7, 11) is 0. The molecule has 1 aliphatic carbocycles. The number of benzene rings is 1. The molecule has 1 fully saturated rings. The Bertz CT molecular complexity index is 782. The van der Waals surface area contributed by atoms with Crippen molar-refractivity contribution in [2.45, 2.75) is 63.5 Å². The molecule has 1 amide bonds. The average Bonchev–Trinajstić information content (AvgIpc) is 3.06. The number of carboxylic acid groups (broad SMARTS) is 1. The van der Waals surface area contributed by atoms with E-state index in [0.717, 1.165) is 31.2 Å². The predicted octanol–water partition coefficient (Wildman–Crippen LogP) is 3.56. The second kappa shape index (κ2) is 9.34. The van der Waals surface area contributed by atoms with E-state index in [9.17, 15) is 9.59 Å². The molecule has 8 heteroatoms. The van der Waals surface area contributed by atoms with Gasteiger partial charge in [-0.3, -0.25) is 4.79 Å². The first-order chi connectivity index (χ1) is 13.6. The molecule has 2 aromatic rings. The largest absolute Gasteiger partial charge is 0.481 e. The predicted molar refractivity (Wildman–Crippen MR) is 99.4 cm³/mol. The van der Waals surface area contributed by atoms with Gasteiger partial charge in [0.1, 0.15) is 12.1 Å². The first-order valence-electron chi connectivity index (χ1n) is 9.61. The average molecular weight is 387 g/mol. The van der Waals surface area contributed by atoms with E-state index in [1.165, 1.54) is 0 Å². The lowest BCUT2D eigenvalue weighted by Gasteiger charge is -2.30. The number of ether oxygens (including phenoxy) is 1. The Morgan fingerprint density at radius 2 is 1.86 bits per heavy atom. The van der Waals surface area contributed by atoms with Crippen molar-refractivity contribution in [1.29, 1.82) is 0 Å². The van der Waals surface area contributed by atoms with E-state index in [1.54, 1.807) is 0 Å². The first-order valence-corrected chi connectivity index (χ1v) is 9.61. The zero-order valence-electron chi connectivity index (χ0n) is 15.7. The Hall–Kier alpha value is -2.90. The molecule has 0 aliphatic heterocycles. The molecule has 0 bridgehead atoms. The topological polar surface area (TPSA) is 115 Å². The van der Waals surface area contributed by atoms with Crippen LogP contribution in [0.3, 0.4) is 0 Å². The lowest BCUT2D eigenvalue weighted by molar-refractivity contribution is -0.137. The van der Waals surface area contributed by atoms with E-state index in [1.807, 2.05) is 30.3 Å². The van der Waals surface area contributed by atoms with E-state index in [2.05, 4.69) is 15.5 Å². The molecule has 1 aromatic heterocycles. The van der Waals surface area contributed by atoms with Crippen LogP contribution in [-0.2, 0) is 28.1 Å². The summed E-state index contributed by atoms with van der Waals surface area (Å²) in [6, 6.07) is 9.47. The van der Waals surface area contributed by atoms with E-state index in [-0.39, 0.29) is 25.3 Å². The SMILES string of the molecule is O=C(O)CCc1nc(C2(NC(=O)OCc3ccccc3)CCCCCC2)no1. The minimum Gasteiger partial charge on any atom is -0.481 e. The molecule has 1 heterocycles. The number of hydrogen-bond acceptors (Lipinski definition) is 6. The Labute approximate surface area is 163 Å². The number of nitrogens with zero attached hydrogens (tertiary/aromatic N) is 2.